The van der Waals surface area contributed by atoms with Crippen molar-refractivity contribution >= 4 is 11.8 Å². The van der Waals surface area contributed by atoms with Crippen LogP contribution in [0.2, 0.25) is 0 Å². The van der Waals surface area contributed by atoms with Crippen molar-refractivity contribution in [2.75, 3.05) is 13.2 Å². The van der Waals surface area contributed by atoms with E-state index in [4.69, 9.17) is 9.47 Å². The molecule has 1 atom stereocenters. The van der Waals surface area contributed by atoms with E-state index in [1.807, 2.05) is 18.2 Å². The molecule has 1 fully saturated rings. The molecule has 0 spiro atoms. The van der Waals surface area contributed by atoms with Gasteiger partial charge in [-0.15, -0.1) is 0 Å². The summed E-state index contributed by atoms with van der Waals surface area (Å²) >= 11 is 0. The molecule has 100 valence electrons. The molecule has 2 aliphatic rings. The SMILES string of the molecule is O=C1CC(Cc2ccc3c(c2)OCCCO3)C(=O)N1. The van der Waals surface area contributed by atoms with E-state index in [-0.39, 0.29) is 24.2 Å². The summed E-state index contributed by atoms with van der Waals surface area (Å²) in [5.41, 5.74) is 0.985. The third-order valence-electron chi connectivity index (χ3n) is 3.36. The molecule has 1 aromatic carbocycles. The van der Waals surface area contributed by atoms with Crippen LogP contribution in [-0.4, -0.2) is 25.0 Å². The molecular weight excluding hydrogens is 246 g/mol. The number of benzene rings is 1. The van der Waals surface area contributed by atoms with E-state index in [1.165, 1.54) is 0 Å². The standard InChI is InChI=1S/C14H15NO4/c16-13-8-10(14(17)15-13)6-9-2-3-11-12(7-9)19-5-1-4-18-11/h2-3,7,10H,1,4-6,8H2,(H,15,16,17). The largest absolute Gasteiger partial charge is 0.490 e. The van der Waals surface area contributed by atoms with E-state index in [0.29, 0.717) is 19.6 Å². The Morgan fingerprint density at radius 1 is 1.16 bits per heavy atom. The number of rotatable bonds is 2. The first-order chi connectivity index (χ1) is 9.22. The lowest BCUT2D eigenvalue weighted by atomic mass is 9.97. The van der Waals surface area contributed by atoms with Crippen molar-refractivity contribution in [1.29, 1.82) is 0 Å². The smallest absolute Gasteiger partial charge is 0.230 e. The Morgan fingerprint density at radius 3 is 2.68 bits per heavy atom. The fourth-order valence-corrected chi connectivity index (χ4v) is 2.39. The van der Waals surface area contributed by atoms with E-state index in [2.05, 4.69) is 5.32 Å². The van der Waals surface area contributed by atoms with Crippen molar-refractivity contribution in [2.24, 2.45) is 5.92 Å². The minimum Gasteiger partial charge on any atom is -0.490 e. The first kappa shape index (κ1) is 12.0. The molecule has 0 aliphatic carbocycles. The number of fused-ring (bicyclic) bond motifs is 1. The Hall–Kier alpha value is -2.04. The van der Waals surface area contributed by atoms with Gasteiger partial charge in [0.15, 0.2) is 11.5 Å². The van der Waals surface area contributed by atoms with Crippen molar-refractivity contribution < 1.29 is 19.1 Å². The van der Waals surface area contributed by atoms with Crippen molar-refractivity contribution in [3.63, 3.8) is 0 Å². The van der Waals surface area contributed by atoms with Crippen LogP contribution in [0.25, 0.3) is 0 Å². The van der Waals surface area contributed by atoms with E-state index >= 15 is 0 Å². The molecule has 1 saturated heterocycles. The van der Waals surface area contributed by atoms with Gasteiger partial charge in [0.2, 0.25) is 11.8 Å². The molecule has 2 amide bonds. The molecule has 1 unspecified atom stereocenters. The number of carbonyl (C=O) groups excluding carboxylic acids is 2. The van der Waals surface area contributed by atoms with Gasteiger partial charge >= 0.3 is 0 Å². The van der Waals surface area contributed by atoms with Crippen molar-refractivity contribution in [2.45, 2.75) is 19.3 Å². The number of amides is 2. The zero-order valence-electron chi connectivity index (χ0n) is 10.5. The normalized spacial score (nSPS) is 22.0. The van der Waals surface area contributed by atoms with Gasteiger partial charge in [-0.3, -0.25) is 14.9 Å². The molecule has 5 nitrogen and oxygen atoms in total. The Morgan fingerprint density at radius 2 is 1.95 bits per heavy atom. The van der Waals surface area contributed by atoms with Gasteiger partial charge in [0.25, 0.3) is 0 Å². The summed E-state index contributed by atoms with van der Waals surface area (Å²) in [4.78, 5) is 22.7. The lowest BCUT2D eigenvalue weighted by Gasteiger charge is -2.11. The number of ether oxygens (including phenoxy) is 2. The summed E-state index contributed by atoms with van der Waals surface area (Å²) < 4.78 is 11.2. The minimum absolute atomic E-state index is 0.183. The average molecular weight is 261 g/mol. The molecule has 19 heavy (non-hydrogen) atoms. The monoisotopic (exact) mass is 261 g/mol. The predicted octanol–water partition coefficient (Wildman–Crippen LogP) is 1.05. The summed E-state index contributed by atoms with van der Waals surface area (Å²) in [6, 6.07) is 5.69. The molecule has 2 aliphatic heterocycles. The highest BCUT2D eigenvalue weighted by Gasteiger charge is 2.30. The van der Waals surface area contributed by atoms with Gasteiger partial charge in [-0.2, -0.15) is 0 Å². The van der Waals surface area contributed by atoms with Crippen molar-refractivity contribution in [3.05, 3.63) is 23.8 Å². The summed E-state index contributed by atoms with van der Waals surface area (Å²) in [7, 11) is 0. The van der Waals surface area contributed by atoms with Crippen LogP contribution in [0.15, 0.2) is 18.2 Å². The van der Waals surface area contributed by atoms with Gasteiger partial charge in [-0.1, -0.05) is 6.07 Å². The molecule has 2 heterocycles. The second-order valence-corrected chi connectivity index (χ2v) is 4.85. The lowest BCUT2D eigenvalue weighted by molar-refractivity contribution is -0.125. The van der Waals surface area contributed by atoms with Crippen molar-refractivity contribution in [1.82, 2.24) is 5.32 Å². The Kier molecular flexibility index (Phi) is 3.11. The highest BCUT2D eigenvalue weighted by molar-refractivity contribution is 6.03. The highest BCUT2D eigenvalue weighted by atomic mass is 16.5. The van der Waals surface area contributed by atoms with Crippen LogP contribution in [0.5, 0.6) is 11.5 Å². The fourth-order valence-electron chi connectivity index (χ4n) is 2.39. The molecule has 5 heteroatoms. The summed E-state index contributed by atoms with van der Waals surface area (Å²) in [5, 5.41) is 2.33. The van der Waals surface area contributed by atoms with Crippen LogP contribution in [0.4, 0.5) is 0 Å². The zero-order chi connectivity index (χ0) is 13.2. The van der Waals surface area contributed by atoms with Gasteiger partial charge in [0.05, 0.1) is 19.1 Å². The first-order valence-electron chi connectivity index (χ1n) is 6.44. The second kappa shape index (κ2) is 4.91. The van der Waals surface area contributed by atoms with Gasteiger partial charge in [0.1, 0.15) is 0 Å². The predicted molar refractivity (Wildman–Crippen MR) is 67.0 cm³/mol. The number of carbonyl (C=O) groups is 2. The van der Waals surface area contributed by atoms with Gasteiger partial charge in [-0.25, -0.2) is 0 Å². The quantitative estimate of drug-likeness (QED) is 0.808. The number of hydrogen-bond donors (Lipinski definition) is 1. The van der Waals surface area contributed by atoms with Crippen LogP contribution < -0.4 is 14.8 Å². The Labute approximate surface area is 110 Å². The third kappa shape index (κ3) is 2.54. The molecule has 0 radical (unpaired) electrons. The maximum Gasteiger partial charge on any atom is 0.230 e. The van der Waals surface area contributed by atoms with Crippen LogP contribution >= 0.6 is 0 Å². The molecule has 1 aromatic rings. The first-order valence-corrected chi connectivity index (χ1v) is 6.44. The second-order valence-electron chi connectivity index (χ2n) is 4.85. The molecular formula is C14H15NO4. The van der Waals surface area contributed by atoms with Crippen LogP contribution in [0.1, 0.15) is 18.4 Å². The lowest BCUT2D eigenvalue weighted by Crippen LogP contribution is -2.22. The maximum absolute atomic E-state index is 11.5. The Bertz CT molecular complexity index is 526. The summed E-state index contributed by atoms with van der Waals surface area (Å²) in [6.07, 6.45) is 1.69. The van der Waals surface area contributed by atoms with E-state index in [9.17, 15) is 9.59 Å². The third-order valence-corrected chi connectivity index (χ3v) is 3.36. The van der Waals surface area contributed by atoms with E-state index in [1.54, 1.807) is 0 Å². The van der Waals surface area contributed by atoms with E-state index < -0.39 is 0 Å². The number of hydrogen-bond acceptors (Lipinski definition) is 4. The number of imide groups is 1. The average Bonchev–Trinajstić information content (AvgIpc) is 2.60. The maximum atomic E-state index is 11.5. The van der Waals surface area contributed by atoms with Gasteiger partial charge in [0, 0.05) is 12.8 Å². The minimum atomic E-state index is -0.266. The van der Waals surface area contributed by atoms with Crippen molar-refractivity contribution in [3.8, 4) is 11.5 Å². The number of nitrogens with one attached hydrogen (secondary N) is 1. The van der Waals surface area contributed by atoms with Gasteiger partial charge < -0.3 is 9.47 Å². The Balaban J connectivity index is 1.77. The fraction of sp³-hybridized carbons (Fsp3) is 0.429. The highest BCUT2D eigenvalue weighted by Crippen LogP contribution is 2.31. The molecule has 1 N–H and O–H groups in total. The van der Waals surface area contributed by atoms with E-state index in [0.717, 1.165) is 23.5 Å². The van der Waals surface area contributed by atoms with Crippen LogP contribution in [0, 0.1) is 5.92 Å². The topological polar surface area (TPSA) is 64.6 Å². The molecule has 0 bridgehead atoms. The summed E-state index contributed by atoms with van der Waals surface area (Å²) in [6.45, 7) is 1.30. The molecule has 0 aromatic heterocycles. The van der Waals surface area contributed by atoms with Crippen LogP contribution in [0.3, 0.4) is 0 Å². The zero-order valence-corrected chi connectivity index (χ0v) is 10.5. The molecule has 3 rings (SSSR count). The molecule has 0 saturated carbocycles. The van der Waals surface area contributed by atoms with Crippen LogP contribution in [-0.2, 0) is 16.0 Å². The summed E-state index contributed by atoms with van der Waals surface area (Å²) in [5.74, 6) is 0.826. The van der Waals surface area contributed by atoms with Gasteiger partial charge in [-0.05, 0) is 24.1 Å².